The van der Waals surface area contributed by atoms with Crippen LogP contribution < -0.4 is 10.6 Å². The highest BCUT2D eigenvalue weighted by atomic mass is 35.5. The normalized spacial score (nSPS) is 12.1. The molecule has 2 amide bonds. The number of anilines is 1. The summed E-state index contributed by atoms with van der Waals surface area (Å²) in [6.45, 7) is 1.50. The number of nitrogens with one attached hydrogen (secondary N) is 2. The molecule has 0 spiro atoms. The second kappa shape index (κ2) is 14.1. The number of nitrogens with zero attached hydrogens (tertiary/aromatic N) is 6. The molecule has 0 aliphatic rings. The van der Waals surface area contributed by atoms with E-state index in [2.05, 4.69) is 36.4 Å². The molecule has 3 N–H and O–H groups in total. The summed E-state index contributed by atoms with van der Waals surface area (Å²) in [5, 5.41) is 34.1. The number of carboxylic acid groups (broad SMARTS) is 1. The Kier molecular flexibility index (Phi) is 9.79. The molecule has 0 fully saturated rings. The minimum Gasteiger partial charge on any atom is -0.465 e. The molecule has 234 valence electrons. The minimum atomic E-state index is -3.80. The number of halogens is 1. The van der Waals surface area contributed by atoms with E-state index < -0.39 is 27.9 Å². The lowest BCUT2D eigenvalue weighted by atomic mass is 10.00. The smallest absolute Gasteiger partial charge is 0.409 e. The second-order valence-electron chi connectivity index (χ2n) is 9.94. The molecule has 1 unspecified atom stereocenters. The monoisotopic (exact) mass is 658 g/mol. The summed E-state index contributed by atoms with van der Waals surface area (Å²) in [6.07, 6.45) is 3.44. The number of hydrogen-bond acceptors (Lipinski definition) is 9. The fourth-order valence-corrected chi connectivity index (χ4v) is 5.73. The molecule has 0 saturated heterocycles. The number of amides is 2. The maximum atomic E-state index is 13.3. The van der Waals surface area contributed by atoms with Crippen molar-refractivity contribution in [3.63, 3.8) is 0 Å². The number of carbonyl (C=O) groups is 2. The Morgan fingerprint density at radius 1 is 1.02 bits per heavy atom. The van der Waals surface area contributed by atoms with E-state index in [-0.39, 0.29) is 16.3 Å². The Hall–Kier alpha value is -5.47. The fraction of sp³-hybridized carbons (Fsp3) is 0.129. The van der Waals surface area contributed by atoms with Gasteiger partial charge in [-0.15, -0.1) is 10.2 Å². The first-order valence-electron chi connectivity index (χ1n) is 13.9. The predicted octanol–water partition coefficient (Wildman–Crippen LogP) is 4.77. The summed E-state index contributed by atoms with van der Waals surface area (Å²) in [5.74, 6) is -0.668. The first-order chi connectivity index (χ1) is 22.1. The lowest BCUT2D eigenvalue weighted by molar-refractivity contribution is -0.117. The number of tetrazole rings is 1. The van der Waals surface area contributed by atoms with Crippen LogP contribution in [0.25, 0.3) is 22.9 Å². The molecular formula is C31H27ClN8O5S. The average molecular weight is 659 g/mol. The van der Waals surface area contributed by atoms with Crippen molar-refractivity contribution >= 4 is 45.2 Å². The first-order valence-corrected chi connectivity index (χ1v) is 15.9. The highest BCUT2D eigenvalue weighted by molar-refractivity contribution is 7.91. The molecule has 0 aliphatic carbocycles. The SMILES string of the molecule is CCS(=O)(=O)c1nnc(C(Cc2ccccc2)NC(=O)C=Cc2cc(Cl)ccc2-n2cnnn2)cc1-c1ccc(NC(=O)O)cc1. The van der Waals surface area contributed by atoms with Crippen LogP contribution in [-0.4, -0.2) is 61.7 Å². The molecule has 0 bridgehead atoms. The number of hydrogen-bond donors (Lipinski definition) is 3. The maximum Gasteiger partial charge on any atom is 0.409 e. The van der Waals surface area contributed by atoms with Gasteiger partial charge in [0.05, 0.1) is 23.2 Å². The van der Waals surface area contributed by atoms with Crippen LogP contribution in [0.1, 0.15) is 29.8 Å². The molecule has 1 atom stereocenters. The Morgan fingerprint density at radius 3 is 2.46 bits per heavy atom. The Morgan fingerprint density at radius 2 is 1.78 bits per heavy atom. The van der Waals surface area contributed by atoms with Gasteiger partial charge in [-0.1, -0.05) is 61.0 Å². The summed E-state index contributed by atoms with van der Waals surface area (Å²) < 4.78 is 27.5. The third-order valence-electron chi connectivity index (χ3n) is 6.86. The molecule has 0 radical (unpaired) electrons. The van der Waals surface area contributed by atoms with E-state index in [0.29, 0.717) is 39.6 Å². The standard InChI is InChI=1S/C31H27ClN8O5S/c1-2-46(44,45)30-25(21-8-12-24(13-9-21)34-31(42)43)18-27(36-37-30)26(16-20-6-4-3-5-7-20)35-29(41)15-10-22-17-23(32)11-14-28(22)40-19-33-38-39-40/h3-15,17-19,26,34H,2,16H2,1H3,(H,35,41)(H,42,43). The molecule has 13 nitrogen and oxygen atoms in total. The number of benzene rings is 3. The van der Waals surface area contributed by atoms with Crippen LogP contribution >= 0.6 is 11.6 Å². The average Bonchev–Trinajstić information content (AvgIpc) is 3.59. The Labute approximate surface area is 268 Å². The fourth-order valence-electron chi connectivity index (χ4n) is 4.60. The van der Waals surface area contributed by atoms with Gasteiger partial charge in [-0.3, -0.25) is 10.1 Å². The summed E-state index contributed by atoms with van der Waals surface area (Å²) in [6, 6.07) is 21.6. The molecule has 3 aromatic carbocycles. The largest absolute Gasteiger partial charge is 0.465 e. The van der Waals surface area contributed by atoms with E-state index in [0.717, 1.165) is 5.56 Å². The van der Waals surface area contributed by atoms with Gasteiger partial charge in [0.2, 0.25) is 5.91 Å². The van der Waals surface area contributed by atoms with Gasteiger partial charge < -0.3 is 10.4 Å². The van der Waals surface area contributed by atoms with Crippen molar-refractivity contribution in [3.8, 4) is 16.8 Å². The lowest BCUT2D eigenvalue weighted by Gasteiger charge is -2.19. The second-order valence-corrected chi connectivity index (χ2v) is 12.6. The first kappa shape index (κ1) is 31.9. The van der Waals surface area contributed by atoms with Gasteiger partial charge in [0, 0.05) is 27.9 Å². The van der Waals surface area contributed by atoms with E-state index >= 15 is 0 Å². The van der Waals surface area contributed by atoms with Crippen LogP contribution in [0.15, 0.2) is 96.3 Å². The maximum absolute atomic E-state index is 13.3. The molecule has 15 heteroatoms. The van der Waals surface area contributed by atoms with Crippen molar-refractivity contribution in [1.82, 2.24) is 35.7 Å². The summed E-state index contributed by atoms with van der Waals surface area (Å²) in [5.41, 5.74) is 3.45. The molecule has 0 aliphatic heterocycles. The zero-order valence-electron chi connectivity index (χ0n) is 24.3. The number of sulfone groups is 1. The summed E-state index contributed by atoms with van der Waals surface area (Å²) in [4.78, 5) is 24.4. The molecule has 2 heterocycles. The molecule has 2 aromatic heterocycles. The molecule has 5 rings (SSSR count). The third kappa shape index (κ3) is 7.78. The van der Waals surface area contributed by atoms with E-state index in [1.165, 1.54) is 36.1 Å². The predicted molar refractivity (Wildman–Crippen MR) is 171 cm³/mol. The topological polar surface area (TPSA) is 182 Å². The Bertz CT molecular complexity index is 1990. The zero-order valence-corrected chi connectivity index (χ0v) is 25.9. The third-order valence-corrected chi connectivity index (χ3v) is 8.74. The van der Waals surface area contributed by atoms with Gasteiger partial charge in [0.25, 0.3) is 0 Å². The van der Waals surface area contributed by atoms with E-state index in [1.54, 1.807) is 42.5 Å². The van der Waals surface area contributed by atoms with Crippen molar-refractivity contribution in [3.05, 3.63) is 113 Å². The van der Waals surface area contributed by atoms with Crippen LogP contribution in [0.2, 0.25) is 5.02 Å². The van der Waals surface area contributed by atoms with Gasteiger partial charge >= 0.3 is 6.09 Å². The minimum absolute atomic E-state index is 0.211. The zero-order chi connectivity index (χ0) is 32.7. The van der Waals surface area contributed by atoms with Crippen molar-refractivity contribution < 1.29 is 23.1 Å². The molecular weight excluding hydrogens is 632 g/mol. The van der Waals surface area contributed by atoms with Crippen LogP contribution in [0, 0.1) is 0 Å². The number of rotatable bonds is 11. The van der Waals surface area contributed by atoms with Crippen molar-refractivity contribution in [2.75, 3.05) is 11.1 Å². The Balaban J connectivity index is 1.51. The van der Waals surface area contributed by atoms with Gasteiger partial charge in [0.1, 0.15) is 6.33 Å². The van der Waals surface area contributed by atoms with Crippen LogP contribution in [0.4, 0.5) is 10.5 Å². The van der Waals surface area contributed by atoms with E-state index in [9.17, 15) is 18.0 Å². The number of carbonyl (C=O) groups excluding carboxylic acids is 1. The van der Waals surface area contributed by atoms with Gasteiger partial charge in [0.15, 0.2) is 14.9 Å². The van der Waals surface area contributed by atoms with Gasteiger partial charge in [-0.05, 0) is 70.4 Å². The van der Waals surface area contributed by atoms with Crippen molar-refractivity contribution in [1.29, 1.82) is 0 Å². The number of aromatic nitrogens is 6. The molecule has 0 saturated carbocycles. The molecule has 5 aromatic rings. The molecule has 46 heavy (non-hydrogen) atoms. The van der Waals surface area contributed by atoms with E-state index in [4.69, 9.17) is 16.7 Å². The van der Waals surface area contributed by atoms with Crippen LogP contribution in [-0.2, 0) is 21.1 Å². The van der Waals surface area contributed by atoms with Gasteiger partial charge in [-0.25, -0.2) is 13.2 Å². The van der Waals surface area contributed by atoms with E-state index in [1.807, 2.05) is 30.3 Å². The van der Waals surface area contributed by atoms with Gasteiger partial charge in [-0.2, -0.15) is 9.78 Å². The van der Waals surface area contributed by atoms with Crippen LogP contribution in [0.3, 0.4) is 0 Å². The lowest BCUT2D eigenvalue weighted by Crippen LogP contribution is -2.29. The summed E-state index contributed by atoms with van der Waals surface area (Å²) >= 11 is 6.22. The summed E-state index contributed by atoms with van der Waals surface area (Å²) in [7, 11) is -3.80. The highest BCUT2D eigenvalue weighted by Crippen LogP contribution is 2.30. The quantitative estimate of drug-likeness (QED) is 0.167. The van der Waals surface area contributed by atoms with Crippen LogP contribution in [0.5, 0.6) is 0 Å². The highest BCUT2D eigenvalue weighted by Gasteiger charge is 2.25. The van der Waals surface area contributed by atoms with Crippen molar-refractivity contribution in [2.24, 2.45) is 0 Å². The van der Waals surface area contributed by atoms with Crippen molar-refractivity contribution in [2.45, 2.75) is 24.4 Å².